The van der Waals surface area contributed by atoms with Crippen LogP contribution in [0.25, 0.3) is 11.3 Å². The maximum Gasteiger partial charge on any atom is 0.340 e. The summed E-state index contributed by atoms with van der Waals surface area (Å²) in [6.45, 7) is 2.00. The lowest BCUT2D eigenvalue weighted by Crippen LogP contribution is -2.17. The number of thioether (sulfide) groups is 1. The number of rotatable bonds is 7. The topological polar surface area (TPSA) is 81.4 Å². The van der Waals surface area contributed by atoms with Crippen LogP contribution in [0.4, 0.5) is 5.69 Å². The number of halogens is 1. The molecule has 2 aromatic carbocycles. The molecule has 0 fully saturated rings. The van der Waals surface area contributed by atoms with Crippen molar-refractivity contribution in [3.63, 3.8) is 0 Å². The largest absolute Gasteiger partial charge is 0.462 e. The molecule has 1 amide bonds. The van der Waals surface area contributed by atoms with E-state index in [0.717, 1.165) is 10.0 Å². The van der Waals surface area contributed by atoms with E-state index in [1.807, 2.05) is 24.3 Å². The third-order valence-corrected chi connectivity index (χ3v) is 4.95. The van der Waals surface area contributed by atoms with Gasteiger partial charge in [-0.25, -0.2) is 9.78 Å². The second-order valence-electron chi connectivity index (χ2n) is 5.60. The van der Waals surface area contributed by atoms with Crippen LogP contribution in [0, 0.1) is 0 Å². The van der Waals surface area contributed by atoms with Crippen molar-refractivity contribution in [2.24, 2.45) is 0 Å². The molecule has 28 heavy (non-hydrogen) atoms. The summed E-state index contributed by atoms with van der Waals surface area (Å²) in [6.07, 6.45) is 1.62. The molecule has 0 radical (unpaired) electrons. The van der Waals surface area contributed by atoms with Gasteiger partial charge in [-0.3, -0.25) is 4.79 Å². The molecule has 144 valence electrons. The predicted octanol–water partition coefficient (Wildman–Crippen LogP) is 5.01. The van der Waals surface area contributed by atoms with Crippen molar-refractivity contribution in [3.05, 3.63) is 64.8 Å². The summed E-state index contributed by atoms with van der Waals surface area (Å²) < 4.78 is 11.6. The van der Waals surface area contributed by atoms with Gasteiger partial charge in [0.1, 0.15) is 0 Å². The SMILES string of the molecule is CCOC(=O)c1ccccc1NC(=O)CSc1ncc(-c2cccc(Br)c2)o1. The molecule has 0 unspecified atom stereocenters. The van der Waals surface area contributed by atoms with Crippen LogP contribution in [0.15, 0.2) is 68.8 Å². The van der Waals surface area contributed by atoms with Gasteiger partial charge in [0.05, 0.1) is 29.8 Å². The molecule has 0 atom stereocenters. The number of hydrogen-bond donors (Lipinski definition) is 1. The minimum absolute atomic E-state index is 0.0929. The summed E-state index contributed by atoms with van der Waals surface area (Å²) in [5.74, 6) is -0.0338. The Labute approximate surface area is 174 Å². The lowest BCUT2D eigenvalue weighted by Gasteiger charge is -2.09. The second kappa shape index (κ2) is 9.57. The highest BCUT2D eigenvalue weighted by Crippen LogP contribution is 2.27. The van der Waals surface area contributed by atoms with Crippen molar-refractivity contribution in [2.45, 2.75) is 12.1 Å². The standard InChI is InChI=1S/C20H17BrN2O4S/c1-2-26-19(25)15-8-3-4-9-16(15)23-18(24)12-28-20-22-11-17(27-20)13-6-5-7-14(21)10-13/h3-11H,2,12H2,1H3,(H,23,24). The van der Waals surface area contributed by atoms with Crippen LogP contribution in [0.5, 0.6) is 0 Å². The highest BCUT2D eigenvalue weighted by molar-refractivity contribution is 9.10. The summed E-state index contributed by atoms with van der Waals surface area (Å²) in [4.78, 5) is 28.5. The number of hydrogen-bond acceptors (Lipinski definition) is 6. The number of para-hydroxylation sites is 1. The first kappa shape index (κ1) is 20.2. The second-order valence-corrected chi connectivity index (χ2v) is 7.45. The summed E-state index contributed by atoms with van der Waals surface area (Å²) in [7, 11) is 0. The Morgan fingerprint density at radius 1 is 1.21 bits per heavy atom. The van der Waals surface area contributed by atoms with Gasteiger partial charge < -0.3 is 14.5 Å². The number of nitrogens with zero attached hydrogens (tertiary/aromatic N) is 1. The number of amides is 1. The number of carbonyl (C=O) groups is 2. The smallest absolute Gasteiger partial charge is 0.340 e. The molecule has 3 aromatic rings. The van der Waals surface area contributed by atoms with Gasteiger partial charge in [-0.05, 0) is 31.2 Å². The molecule has 0 aliphatic rings. The fourth-order valence-corrected chi connectivity index (χ4v) is 3.39. The molecule has 1 N–H and O–H groups in total. The Bertz CT molecular complexity index is 990. The summed E-state index contributed by atoms with van der Waals surface area (Å²) in [5, 5.41) is 3.12. The Kier molecular flexibility index (Phi) is 6.89. The number of aromatic nitrogens is 1. The van der Waals surface area contributed by atoms with Gasteiger partial charge in [-0.15, -0.1) is 0 Å². The van der Waals surface area contributed by atoms with Gasteiger partial charge in [-0.1, -0.05) is 52.0 Å². The fourth-order valence-electron chi connectivity index (χ4n) is 2.39. The number of carbonyl (C=O) groups excluding carboxylic acids is 2. The molecule has 0 saturated carbocycles. The first-order valence-corrected chi connectivity index (χ1v) is 10.2. The van der Waals surface area contributed by atoms with Gasteiger partial charge in [-0.2, -0.15) is 0 Å². The predicted molar refractivity (Wildman–Crippen MR) is 111 cm³/mol. The van der Waals surface area contributed by atoms with Crippen molar-refractivity contribution in [2.75, 3.05) is 17.7 Å². The summed E-state index contributed by atoms with van der Waals surface area (Å²) >= 11 is 4.59. The quantitative estimate of drug-likeness (QED) is 0.394. The maximum atomic E-state index is 12.3. The highest BCUT2D eigenvalue weighted by Gasteiger charge is 2.15. The van der Waals surface area contributed by atoms with E-state index >= 15 is 0 Å². The highest BCUT2D eigenvalue weighted by atomic mass is 79.9. The average molecular weight is 461 g/mol. The molecule has 3 rings (SSSR count). The molecule has 1 aromatic heterocycles. The average Bonchev–Trinajstić information content (AvgIpc) is 3.16. The van der Waals surface area contributed by atoms with E-state index in [-0.39, 0.29) is 18.3 Å². The molecular weight excluding hydrogens is 444 g/mol. The van der Waals surface area contributed by atoms with Gasteiger partial charge in [0.15, 0.2) is 5.76 Å². The number of oxazole rings is 1. The minimum atomic E-state index is -0.475. The normalized spacial score (nSPS) is 10.5. The van der Waals surface area contributed by atoms with E-state index in [2.05, 4.69) is 26.2 Å². The third-order valence-electron chi connectivity index (χ3n) is 3.62. The van der Waals surface area contributed by atoms with Crippen LogP contribution >= 0.6 is 27.7 Å². The van der Waals surface area contributed by atoms with Crippen LogP contribution < -0.4 is 5.32 Å². The number of benzene rings is 2. The van der Waals surface area contributed by atoms with Crippen LogP contribution in [-0.2, 0) is 9.53 Å². The fraction of sp³-hybridized carbons (Fsp3) is 0.150. The molecule has 0 bridgehead atoms. The minimum Gasteiger partial charge on any atom is -0.462 e. The van der Waals surface area contributed by atoms with Gasteiger partial charge in [0, 0.05) is 10.0 Å². The Morgan fingerprint density at radius 3 is 2.82 bits per heavy atom. The molecule has 0 spiro atoms. The van der Waals surface area contributed by atoms with Gasteiger partial charge >= 0.3 is 5.97 Å². The summed E-state index contributed by atoms with van der Waals surface area (Å²) in [5.41, 5.74) is 1.62. The van der Waals surface area contributed by atoms with Crippen molar-refractivity contribution in [3.8, 4) is 11.3 Å². The molecule has 0 aliphatic heterocycles. The first-order chi connectivity index (χ1) is 13.6. The van der Waals surface area contributed by atoms with E-state index < -0.39 is 5.97 Å². The molecule has 8 heteroatoms. The van der Waals surface area contributed by atoms with E-state index in [0.29, 0.717) is 22.2 Å². The van der Waals surface area contributed by atoms with E-state index in [9.17, 15) is 9.59 Å². The van der Waals surface area contributed by atoms with Crippen molar-refractivity contribution in [1.82, 2.24) is 4.98 Å². The first-order valence-electron chi connectivity index (χ1n) is 8.47. The van der Waals surface area contributed by atoms with E-state index in [4.69, 9.17) is 9.15 Å². The molecule has 0 aliphatic carbocycles. The van der Waals surface area contributed by atoms with Crippen LogP contribution in [0.2, 0.25) is 0 Å². The monoisotopic (exact) mass is 460 g/mol. The molecule has 1 heterocycles. The lowest BCUT2D eigenvalue weighted by atomic mass is 10.2. The van der Waals surface area contributed by atoms with E-state index in [1.165, 1.54) is 11.8 Å². The Morgan fingerprint density at radius 2 is 2.04 bits per heavy atom. The van der Waals surface area contributed by atoms with Crippen LogP contribution in [0.1, 0.15) is 17.3 Å². The van der Waals surface area contributed by atoms with Crippen LogP contribution in [-0.4, -0.2) is 29.2 Å². The zero-order valence-corrected chi connectivity index (χ0v) is 17.4. The number of nitrogens with one attached hydrogen (secondary N) is 1. The zero-order chi connectivity index (χ0) is 19.9. The van der Waals surface area contributed by atoms with Gasteiger partial charge in [0.25, 0.3) is 5.22 Å². The lowest BCUT2D eigenvalue weighted by molar-refractivity contribution is -0.113. The van der Waals surface area contributed by atoms with Crippen molar-refractivity contribution < 1.29 is 18.7 Å². The number of esters is 1. The molecular formula is C20H17BrN2O4S. The Hall–Kier alpha value is -2.58. The van der Waals surface area contributed by atoms with Gasteiger partial charge in [0.2, 0.25) is 5.91 Å². The van der Waals surface area contributed by atoms with Crippen LogP contribution in [0.3, 0.4) is 0 Å². The maximum absolute atomic E-state index is 12.3. The molecule has 6 nitrogen and oxygen atoms in total. The summed E-state index contributed by atoms with van der Waals surface area (Å²) in [6, 6.07) is 14.4. The number of anilines is 1. The van der Waals surface area contributed by atoms with E-state index in [1.54, 1.807) is 37.4 Å². The third kappa shape index (κ3) is 5.24. The molecule has 0 saturated heterocycles. The number of ether oxygens (including phenoxy) is 1. The van der Waals surface area contributed by atoms with Crippen molar-refractivity contribution in [1.29, 1.82) is 0 Å². The van der Waals surface area contributed by atoms with Crippen molar-refractivity contribution >= 4 is 45.3 Å². The zero-order valence-electron chi connectivity index (χ0n) is 15.0. The Balaban J connectivity index is 1.61.